The van der Waals surface area contributed by atoms with E-state index in [-0.39, 0.29) is 5.78 Å². The van der Waals surface area contributed by atoms with E-state index in [2.05, 4.69) is 10.3 Å². The first-order chi connectivity index (χ1) is 7.72. The summed E-state index contributed by atoms with van der Waals surface area (Å²) >= 11 is 0. The van der Waals surface area contributed by atoms with E-state index in [0.29, 0.717) is 17.0 Å². The zero-order valence-corrected chi connectivity index (χ0v) is 9.04. The van der Waals surface area contributed by atoms with Crippen LogP contribution in [-0.4, -0.2) is 27.9 Å². The van der Waals surface area contributed by atoms with Gasteiger partial charge >= 0.3 is 0 Å². The predicted molar refractivity (Wildman–Crippen MR) is 57.4 cm³/mol. The minimum Gasteiger partial charge on any atom is -0.497 e. The Kier molecular flexibility index (Phi) is 2.68. The van der Waals surface area contributed by atoms with E-state index in [1.807, 2.05) is 0 Å². The average molecular weight is 217 g/mol. The third-order valence-electron chi connectivity index (χ3n) is 2.28. The molecule has 0 amide bonds. The second-order valence-corrected chi connectivity index (χ2v) is 3.30. The van der Waals surface area contributed by atoms with Crippen molar-refractivity contribution >= 4 is 5.78 Å². The standard InChI is InChI=1S/C11H11N3O2/c1-14-10(7-12-13-14)11(15)8-4-3-5-9(6-8)16-2/h3-7H,1-2H3. The van der Waals surface area contributed by atoms with Gasteiger partial charge in [-0.05, 0) is 12.1 Å². The predicted octanol–water partition coefficient (Wildman–Crippen LogP) is 1.05. The molecule has 2 rings (SSSR count). The summed E-state index contributed by atoms with van der Waals surface area (Å²) in [5.74, 6) is 0.535. The molecule has 1 aromatic heterocycles. The monoisotopic (exact) mass is 217 g/mol. The fourth-order valence-corrected chi connectivity index (χ4v) is 1.41. The molecule has 0 spiro atoms. The van der Waals surface area contributed by atoms with Crippen LogP contribution in [-0.2, 0) is 7.05 Å². The maximum Gasteiger partial charge on any atom is 0.212 e. The van der Waals surface area contributed by atoms with Crippen molar-refractivity contribution in [2.24, 2.45) is 7.05 Å². The van der Waals surface area contributed by atoms with Crippen molar-refractivity contribution < 1.29 is 9.53 Å². The molecule has 0 radical (unpaired) electrons. The SMILES string of the molecule is COc1cccc(C(=O)c2cnnn2C)c1. The van der Waals surface area contributed by atoms with Gasteiger partial charge in [0.2, 0.25) is 5.78 Å². The number of ether oxygens (including phenoxy) is 1. The number of rotatable bonds is 3. The van der Waals surface area contributed by atoms with Crippen molar-refractivity contribution in [3.8, 4) is 5.75 Å². The molecule has 5 heteroatoms. The zero-order chi connectivity index (χ0) is 11.5. The van der Waals surface area contributed by atoms with Gasteiger partial charge in [-0.25, -0.2) is 4.68 Å². The van der Waals surface area contributed by atoms with E-state index in [1.165, 1.54) is 10.9 Å². The molecule has 0 saturated heterocycles. The molecule has 82 valence electrons. The van der Waals surface area contributed by atoms with E-state index < -0.39 is 0 Å². The Hall–Kier alpha value is -2.17. The molecule has 0 bridgehead atoms. The Morgan fingerprint density at radius 1 is 1.44 bits per heavy atom. The van der Waals surface area contributed by atoms with Gasteiger partial charge < -0.3 is 4.74 Å². The van der Waals surface area contributed by atoms with Crippen molar-refractivity contribution in [1.82, 2.24) is 15.0 Å². The number of nitrogens with zero attached hydrogens (tertiary/aromatic N) is 3. The number of ketones is 1. The van der Waals surface area contributed by atoms with Gasteiger partial charge in [0.15, 0.2) is 0 Å². The minimum absolute atomic E-state index is 0.119. The lowest BCUT2D eigenvalue weighted by atomic mass is 10.1. The van der Waals surface area contributed by atoms with Gasteiger partial charge in [-0.15, -0.1) is 5.10 Å². The van der Waals surface area contributed by atoms with E-state index in [0.717, 1.165) is 0 Å². The van der Waals surface area contributed by atoms with Crippen LogP contribution in [0.5, 0.6) is 5.75 Å². The maximum atomic E-state index is 12.0. The zero-order valence-electron chi connectivity index (χ0n) is 9.04. The summed E-state index contributed by atoms with van der Waals surface area (Å²) < 4.78 is 6.51. The van der Waals surface area contributed by atoms with Gasteiger partial charge in [0.05, 0.1) is 13.3 Å². The van der Waals surface area contributed by atoms with Gasteiger partial charge in [0.1, 0.15) is 11.4 Å². The van der Waals surface area contributed by atoms with Gasteiger partial charge in [-0.3, -0.25) is 4.79 Å². The molecule has 0 atom stereocenters. The lowest BCUT2D eigenvalue weighted by Gasteiger charge is -2.03. The summed E-state index contributed by atoms with van der Waals surface area (Å²) in [6.45, 7) is 0. The number of carbonyl (C=O) groups is 1. The highest BCUT2D eigenvalue weighted by Gasteiger charge is 2.13. The van der Waals surface area contributed by atoms with Crippen molar-refractivity contribution in [3.63, 3.8) is 0 Å². The maximum absolute atomic E-state index is 12.0. The lowest BCUT2D eigenvalue weighted by molar-refractivity contribution is 0.103. The normalized spacial score (nSPS) is 10.1. The van der Waals surface area contributed by atoms with Gasteiger partial charge in [0, 0.05) is 12.6 Å². The fraction of sp³-hybridized carbons (Fsp3) is 0.182. The number of aryl methyl sites for hydroxylation is 1. The molecule has 1 heterocycles. The molecule has 2 aromatic rings. The molecule has 0 N–H and O–H groups in total. The van der Waals surface area contributed by atoms with Crippen LogP contribution in [0.1, 0.15) is 16.1 Å². The summed E-state index contributed by atoms with van der Waals surface area (Å²) in [7, 11) is 3.25. The Labute approximate surface area is 92.7 Å². The van der Waals surface area contributed by atoms with E-state index in [9.17, 15) is 4.79 Å². The molecule has 0 saturated carbocycles. The summed E-state index contributed by atoms with van der Waals surface area (Å²) in [6, 6.07) is 6.99. The Morgan fingerprint density at radius 3 is 2.88 bits per heavy atom. The molecule has 16 heavy (non-hydrogen) atoms. The quantitative estimate of drug-likeness (QED) is 0.721. The minimum atomic E-state index is -0.119. The van der Waals surface area contributed by atoms with Gasteiger partial charge in [-0.1, -0.05) is 17.3 Å². The Bertz CT molecular complexity index is 519. The largest absolute Gasteiger partial charge is 0.497 e. The summed E-state index contributed by atoms with van der Waals surface area (Å²) in [5, 5.41) is 7.39. The third-order valence-corrected chi connectivity index (χ3v) is 2.28. The molecule has 5 nitrogen and oxygen atoms in total. The first kappa shape index (κ1) is 10.4. The van der Waals surface area contributed by atoms with E-state index in [1.54, 1.807) is 38.4 Å². The highest BCUT2D eigenvalue weighted by molar-refractivity contribution is 6.07. The van der Waals surface area contributed by atoms with Crippen molar-refractivity contribution in [2.45, 2.75) is 0 Å². The molecule has 0 unspecified atom stereocenters. The summed E-state index contributed by atoms with van der Waals surface area (Å²) in [5.41, 5.74) is 1.01. The van der Waals surface area contributed by atoms with Crippen LogP contribution in [0, 0.1) is 0 Å². The second kappa shape index (κ2) is 4.14. The van der Waals surface area contributed by atoms with Crippen molar-refractivity contribution in [3.05, 3.63) is 41.7 Å². The second-order valence-electron chi connectivity index (χ2n) is 3.30. The molecule has 0 aliphatic carbocycles. The summed E-state index contributed by atoms with van der Waals surface area (Å²) in [4.78, 5) is 12.0. The van der Waals surface area contributed by atoms with Crippen LogP contribution in [0.4, 0.5) is 0 Å². The van der Waals surface area contributed by atoms with Crippen LogP contribution in [0.3, 0.4) is 0 Å². The first-order valence-corrected chi connectivity index (χ1v) is 4.76. The van der Waals surface area contributed by atoms with Gasteiger partial charge in [0.25, 0.3) is 0 Å². The fourth-order valence-electron chi connectivity index (χ4n) is 1.41. The smallest absolute Gasteiger partial charge is 0.212 e. The van der Waals surface area contributed by atoms with E-state index in [4.69, 9.17) is 4.74 Å². The molecule has 0 aliphatic rings. The van der Waals surface area contributed by atoms with E-state index >= 15 is 0 Å². The topological polar surface area (TPSA) is 57.0 Å². The number of hydrogen-bond donors (Lipinski definition) is 0. The highest BCUT2D eigenvalue weighted by atomic mass is 16.5. The highest BCUT2D eigenvalue weighted by Crippen LogP contribution is 2.15. The number of hydrogen-bond acceptors (Lipinski definition) is 4. The molecular weight excluding hydrogens is 206 g/mol. The van der Waals surface area contributed by atoms with Crippen LogP contribution in [0.15, 0.2) is 30.5 Å². The van der Waals surface area contributed by atoms with Crippen LogP contribution < -0.4 is 4.74 Å². The van der Waals surface area contributed by atoms with Gasteiger partial charge in [-0.2, -0.15) is 0 Å². The number of methoxy groups -OCH3 is 1. The third kappa shape index (κ3) is 1.79. The van der Waals surface area contributed by atoms with Crippen molar-refractivity contribution in [2.75, 3.05) is 7.11 Å². The molecule has 0 fully saturated rings. The van der Waals surface area contributed by atoms with Crippen LogP contribution in [0.25, 0.3) is 0 Å². The Balaban J connectivity index is 2.38. The van der Waals surface area contributed by atoms with Crippen molar-refractivity contribution in [1.29, 1.82) is 0 Å². The average Bonchev–Trinajstić information content (AvgIpc) is 2.74. The number of benzene rings is 1. The molecule has 0 aliphatic heterocycles. The molecule has 1 aromatic carbocycles. The number of aromatic nitrogens is 3. The van der Waals surface area contributed by atoms with Crippen LogP contribution >= 0.6 is 0 Å². The lowest BCUT2D eigenvalue weighted by Crippen LogP contribution is -2.08. The summed E-state index contributed by atoms with van der Waals surface area (Å²) in [6.07, 6.45) is 1.45. The van der Waals surface area contributed by atoms with Crippen LogP contribution in [0.2, 0.25) is 0 Å². The molecular formula is C11H11N3O2. The first-order valence-electron chi connectivity index (χ1n) is 4.76. The number of carbonyl (C=O) groups excluding carboxylic acids is 1. The Morgan fingerprint density at radius 2 is 2.25 bits per heavy atom.